The maximum absolute atomic E-state index is 11.7. The van der Waals surface area contributed by atoms with E-state index in [1.807, 2.05) is 0 Å². The number of nitrogens with one attached hydrogen (secondary N) is 2. The molecule has 3 heterocycles. The Morgan fingerprint density at radius 2 is 2.03 bits per heavy atom. The van der Waals surface area contributed by atoms with Gasteiger partial charge in [0.05, 0.1) is 24.7 Å². The Balaban J connectivity index is 1.50. The molecule has 2 aromatic heterocycles. The normalized spacial score (nSPS) is 26.3. The Labute approximate surface area is 205 Å². The molecule has 1 unspecified atom stereocenters. The second-order valence-corrected chi connectivity index (χ2v) is 10.7. The summed E-state index contributed by atoms with van der Waals surface area (Å²) in [6.45, 7) is 0.290. The Hall–Kier alpha value is -1.90. The van der Waals surface area contributed by atoms with E-state index in [0.717, 1.165) is 25.7 Å². The van der Waals surface area contributed by atoms with Gasteiger partial charge in [0.2, 0.25) is 11.2 Å². The first kappa shape index (κ1) is 26.2. The number of rotatable bonds is 9. The largest absolute Gasteiger partial charge is 0.387 e. The summed E-state index contributed by atoms with van der Waals surface area (Å²) < 4.78 is 24.0. The zero-order valence-electron chi connectivity index (χ0n) is 18.8. The maximum atomic E-state index is 11.7. The summed E-state index contributed by atoms with van der Waals surface area (Å²) in [4.78, 5) is 38.6. The van der Waals surface area contributed by atoms with Crippen LogP contribution in [-0.4, -0.2) is 89.0 Å². The summed E-state index contributed by atoms with van der Waals surface area (Å²) in [5, 5.41) is 31.6. The molecule has 16 heteroatoms. The van der Waals surface area contributed by atoms with E-state index in [1.165, 1.54) is 17.8 Å². The number of carbonyl (C=O) groups excluding carboxylic acids is 1. The molecule has 0 aromatic carbocycles. The van der Waals surface area contributed by atoms with Crippen molar-refractivity contribution in [1.82, 2.24) is 25.1 Å². The van der Waals surface area contributed by atoms with Crippen LogP contribution in [0.4, 0.5) is 5.82 Å². The van der Waals surface area contributed by atoms with E-state index in [9.17, 15) is 29.4 Å². The summed E-state index contributed by atoms with van der Waals surface area (Å²) in [6.07, 6.45) is 0.541. The number of nitrogens with zero attached hydrogens (tertiary/aromatic N) is 4. The van der Waals surface area contributed by atoms with Gasteiger partial charge in [-0.1, -0.05) is 12.8 Å². The highest BCUT2D eigenvalue weighted by Crippen LogP contribution is 2.42. The first-order valence-corrected chi connectivity index (χ1v) is 13.2. The molecule has 4 rings (SSSR count). The van der Waals surface area contributed by atoms with Gasteiger partial charge in [0, 0.05) is 13.0 Å². The van der Waals surface area contributed by atoms with Gasteiger partial charge in [0.1, 0.15) is 24.1 Å². The molecule has 2 aliphatic rings. The SMILES string of the molecule is CC(=O)NCC(OC[C@H]1O[C@@H](n2ncc3c(NC4CCCC4)nc(Cl)nc32)[C@H](O)[C@@H]1O)P(=O)(O)O. The topological polar surface area (TPSA) is 201 Å². The van der Waals surface area contributed by atoms with Gasteiger partial charge in [-0.2, -0.15) is 15.1 Å². The number of ether oxygens (including phenoxy) is 2. The van der Waals surface area contributed by atoms with Gasteiger partial charge in [-0.25, -0.2) is 4.68 Å². The van der Waals surface area contributed by atoms with Crippen LogP contribution in [0.25, 0.3) is 11.0 Å². The van der Waals surface area contributed by atoms with Gasteiger partial charge in [-0.05, 0) is 24.4 Å². The molecule has 5 atom stereocenters. The Kier molecular flexibility index (Phi) is 7.93. The fraction of sp³-hybridized carbons (Fsp3) is 0.684. The highest BCUT2D eigenvalue weighted by atomic mass is 35.5. The van der Waals surface area contributed by atoms with E-state index in [2.05, 4.69) is 25.7 Å². The number of aromatic nitrogens is 4. The number of amides is 1. The van der Waals surface area contributed by atoms with E-state index in [4.69, 9.17) is 21.1 Å². The molecule has 1 aliphatic heterocycles. The van der Waals surface area contributed by atoms with Crippen molar-refractivity contribution in [3.05, 3.63) is 11.5 Å². The van der Waals surface area contributed by atoms with Crippen molar-refractivity contribution in [3.63, 3.8) is 0 Å². The van der Waals surface area contributed by atoms with E-state index >= 15 is 0 Å². The summed E-state index contributed by atoms with van der Waals surface area (Å²) in [5.41, 5.74) is 0.280. The zero-order valence-corrected chi connectivity index (χ0v) is 20.5. The van der Waals surface area contributed by atoms with Crippen molar-refractivity contribution in [2.24, 2.45) is 0 Å². The Morgan fingerprint density at radius 1 is 1.31 bits per heavy atom. The highest BCUT2D eigenvalue weighted by molar-refractivity contribution is 7.52. The minimum absolute atomic E-state index is 0.0323. The van der Waals surface area contributed by atoms with E-state index in [0.29, 0.717) is 11.2 Å². The number of fused-ring (bicyclic) bond motifs is 1. The third kappa shape index (κ3) is 5.92. The molecule has 0 spiro atoms. The van der Waals surface area contributed by atoms with Crippen LogP contribution in [0.15, 0.2) is 6.20 Å². The minimum Gasteiger partial charge on any atom is -0.387 e. The molecule has 0 bridgehead atoms. The van der Waals surface area contributed by atoms with Crippen LogP contribution < -0.4 is 10.6 Å². The molecule has 2 fully saturated rings. The maximum Gasteiger partial charge on any atom is 0.355 e. The molecule has 0 radical (unpaired) electrons. The third-order valence-corrected chi connectivity index (χ3v) is 7.31. The van der Waals surface area contributed by atoms with E-state index in [-0.39, 0.29) is 17.0 Å². The molecule has 1 saturated heterocycles. The molecular formula is C19H28ClN6O8P. The summed E-state index contributed by atoms with van der Waals surface area (Å²) in [6, 6.07) is 0.253. The lowest BCUT2D eigenvalue weighted by Crippen LogP contribution is -2.37. The molecule has 194 valence electrons. The fourth-order valence-electron chi connectivity index (χ4n) is 4.24. The van der Waals surface area contributed by atoms with Gasteiger partial charge in [0.15, 0.2) is 17.7 Å². The predicted octanol–water partition coefficient (Wildman–Crippen LogP) is 0.110. The smallest absolute Gasteiger partial charge is 0.355 e. The van der Waals surface area contributed by atoms with Crippen LogP contribution in [-0.2, 0) is 18.8 Å². The summed E-state index contributed by atoms with van der Waals surface area (Å²) >= 11 is 6.14. The monoisotopic (exact) mass is 534 g/mol. The molecule has 1 amide bonds. The van der Waals surface area contributed by atoms with Gasteiger partial charge in [-0.15, -0.1) is 0 Å². The molecule has 1 aliphatic carbocycles. The predicted molar refractivity (Wildman–Crippen MR) is 123 cm³/mol. The van der Waals surface area contributed by atoms with E-state index in [1.54, 1.807) is 0 Å². The second-order valence-electron chi connectivity index (χ2n) is 8.65. The molecule has 2 aromatic rings. The first-order valence-electron chi connectivity index (χ1n) is 11.1. The number of halogens is 1. The van der Waals surface area contributed by atoms with Crippen molar-refractivity contribution < 1.29 is 38.8 Å². The lowest BCUT2D eigenvalue weighted by molar-refractivity contribution is -0.119. The van der Waals surface area contributed by atoms with Crippen LogP contribution in [0.2, 0.25) is 5.28 Å². The number of hydrogen-bond donors (Lipinski definition) is 6. The van der Waals surface area contributed by atoms with Crippen molar-refractivity contribution in [2.45, 2.75) is 69.0 Å². The molecule has 14 nitrogen and oxygen atoms in total. The first-order chi connectivity index (χ1) is 16.5. The Morgan fingerprint density at radius 3 is 2.69 bits per heavy atom. The molecule has 35 heavy (non-hydrogen) atoms. The Bertz CT molecular complexity index is 1110. The lowest BCUT2D eigenvalue weighted by atomic mass is 10.1. The van der Waals surface area contributed by atoms with Crippen molar-refractivity contribution in [3.8, 4) is 0 Å². The van der Waals surface area contributed by atoms with Gasteiger partial charge >= 0.3 is 7.60 Å². The number of aliphatic hydroxyl groups is 2. The van der Waals surface area contributed by atoms with Crippen LogP contribution >= 0.6 is 19.2 Å². The summed E-state index contributed by atoms with van der Waals surface area (Å²) in [5.74, 6) is -1.64. The average Bonchev–Trinajstić information content (AvgIpc) is 3.49. The van der Waals surface area contributed by atoms with Crippen LogP contribution in [0, 0.1) is 0 Å². The van der Waals surface area contributed by atoms with Gasteiger partial charge < -0.3 is 40.1 Å². The second kappa shape index (κ2) is 10.6. The standard InChI is InChI=1S/C19H28ClN6O8P/c1-9(27)21-7-13(35(30,31)32)33-8-12-14(28)15(29)18(34-12)26-17-11(6-22-26)16(24-19(20)25-17)23-10-4-2-3-5-10/h6,10,12-15,18,28-29H,2-5,7-8H2,1H3,(H,21,27)(H,23,24,25)(H2,30,31,32)/t12-,13?,14-,15-,18-/m1/s1. The average molecular weight is 535 g/mol. The summed E-state index contributed by atoms with van der Waals surface area (Å²) in [7, 11) is -4.74. The number of carbonyl (C=O) groups is 1. The third-order valence-electron chi connectivity index (χ3n) is 6.05. The quantitative estimate of drug-likeness (QED) is 0.187. The van der Waals surface area contributed by atoms with Gasteiger partial charge in [-0.3, -0.25) is 9.36 Å². The number of aliphatic hydroxyl groups excluding tert-OH is 2. The minimum atomic E-state index is -4.74. The molecule has 6 N–H and O–H groups in total. The van der Waals surface area contributed by atoms with Crippen molar-refractivity contribution in [2.75, 3.05) is 18.5 Å². The van der Waals surface area contributed by atoms with Crippen molar-refractivity contribution in [1.29, 1.82) is 0 Å². The lowest BCUT2D eigenvalue weighted by Gasteiger charge is -2.22. The molecular weight excluding hydrogens is 507 g/mol. The number of anilines is 1. The van der Waals surface area contributed by atoms with Crippen molar-refractivity contribution >= 4 is 42.0 Å². The molecule has 1 saturated carbocycles. The highest BCUT2D eigenvalue weighted by Gasteiger charge is 2.46. The van der Waals surface area contributed by atoms with Crippen LogP contribution in [0.5, 0.6) is 0 Å². The van der Waals surface area contributed by atoms with E-state index < -0.39 is 57.0 Å². The number of hydrogen-bond acceptors (Lipinski definition) is 10. The van der Waals surface area contributed by atoms with Crippen LogP contribution in [0.3, 0.4) is 0 Å². The fourth-order valence-corrected chi connectivity index (χ4v) is 5.01. The zero-order chi connectivity index (χ0) is 25.3. The van der Waals surface area contributed by atoms with Gasteiger partial charge in [0.25, 0.3) is 0 Å². The van der Waals surface area contributed by atoms with Crippen LogP contribution in [0.1, 0.15) is 38.8 Å².